The molecule has 62 valence electrons. The van der Waals surface area contributed by atoms with Gasteiger partial charge in [0.2, 0.25) is 0 Å². The lowest BCUT2D eigenvalue weighted by Gasteiger charge is -2.20. The van der Waals surface area contributed by atoms with Crippen LogP contribution in [0.3, 0.4) is 0 Å². The van der Waals surface area contributed by atoms with Crippen LogP contribution in [0.2, 0.25) is 0 Å². The summed E-state index contributed by atoms with van der Waals surface area (Å²) in [6, 6.07) is 0.185. The number of aliphatic carboxylic acids is 1. The summed E-state index contributed by atoms with van der Waals surface area (Å²) in [7, 11) is 0. The van der Waals surface area contributed by atoms with E-state index in [2.05, 4.69) is 4.99 Å². The maximum atomic E-state index is 10.6. The van der Waals surface area contributed by atoms with Crippen LogP contribution in [0.1, 0.15) is 26.7 Å². The van der Waals surface area contributed by atoms with Crippen molar-refractivity contribution in [2.75, 3.05) is 0 Å². The molecule has 1 rings (SSSR count). The van der Waals surface area contributed by atoms with E-state index < -0.39 is 5.97 Å². The van der Waals surface area contributed by atoms with Gasteiger partial charge in [0, 0.05) is 11.8 Å². The highest BCUT2D eigenvalue weighted by Crippen LogP contribution is 2.20. The molecule has 0 aliphatic carbocycles. The molecule has 0 amide bonds. The van der Waals surface area contributed by atoms with Crippen LogP contribution in [-0.4, -0.2) is 22.8 Å². The van der Waals surface area contributed by atoms with E-state index in [4.69, 9.17) is 5.11 Å². The Morgan fingerprint density at radius 2 is 2.36 bits per heavy atom. The predicted molar refractivity (Wildman–Crippen MR) is 42.9 cm³/mol. The van der Waals surface area contributed by atoms with Crippen LogP contribution in [0.25, 0.3) is 0 Å². The Kier molecular flexibility index (Phi) is 2.27. The Balaban J connectivity index is 2.64. The van der Waals surface area contributed by atoms with E-state index >= 15 is 0 Å². The highest BCUT2D eigenvalue weighted by Gasteiger charge is 2.24. The van der Waals surface area contributed by atoms with Crippen LogP contribution in [0.15, 0.2) is 4.99 Å². The predicted octanol–water partition coefficient (Wildman–Crippen LogP) is 1.33. The van der Waals surface area contributed by atoms with Crippen LogP contribution in [-0.2, 0) is 4.79 Å². The van der Waals surface area contributed by atoms with Crippen molar-refractivity contribution in [2.45, 2.75) is 32.7 Å². The fraction of sp³-hybridized carbons (Fsp3) is 0.750. The molecule has 11 heavy (non-hydrogen) atoms. The molecule has 0 saturated carbocycles. The van der Waals surface area contributed by atoms with Gasteiger partial charge in [-0.05, 0) is 26.7 Å². The summed E-state index contributed by atoms with van der Waals surface area (Å²) in [5.74, 6) is -0.895. The second-order valence-electron chi connectivity index (χ2n) is 3.19. The molecule has 0 aromatic rings. The number of carbonyl (C=O) groups is 1. The second-order valence-corrected chi connectivity index (χ2v) is 3.19. The van der Waals surface area contributed by atoms with Gasteiger partial charge in [-0.15, -0.1) is 0 Å². The Hall–Kier alpha value is -0.860. The average Bonchev–Trinajstić information content (AvgIpc) is 1.85. The smallest absolute Gasteiger partial charge is 0.306 e. The molecule has 0 bridgehead atoms. The van der Waals surface area contributed by atoms with E-state index in [0.29, 0.717) is 12.8 Å². The zero-order chi connectivity index (χ0) is 8.43. The third-order valence-electron chi connectivity index (χ3n) is 1.96. The van der Waals surface area contributed by atoms with Crippen molar-refractivity contribution in [1.29, 1.82) is 0 Å². The summed E-state index contributed by atoms with van der Waals surface area (Å²) in [6.07, 6.45) is 1.31. The first-order chi connectivity index (χ1) is 5.09. The van der Waals surface area contributed by atoms with Crippen LogP contribution in [0.4, 0.5) is 0 Å². The first kappa shape index (κ1) is 8.24. The molecule has 1 aliphatic heterocycles. The minimum Gasteiger partial charge on any atom is -0.481 e. The van der Waals surface area contributed by atoms with E-state index in [9.17, 15) is 4.79 Å². The maximum absolute atomic E-state index is 10.6. The Bertz CT molecular complexity index is 198. The first-order valence-corrected chi connectivity index (χ1v) is 3.85. The van der Waals surface area contributed by atoms with Crippen molar-refractivity contribution in [3.8, 4) is 0 Å². The summed E-state index contributed by atoms with van der Waals surface area (Å²) in [5, 5.41) is 8.72. The van der Waals surface area contributed by atoms with Crippen LogP contribution < -0.4 is 0 Å². The van der Waals surface area contributed by atoms with Crippen molar-refractivity contribution in [1.82, 2.24) is 0 Å². The number of hydrogen-bond acceptors (Lipinski definition) is 2. The average molecular weight is 155 g/mol. The third-order valence-corrected chi connectivity index (χ3v) is 1.96. The molecule has 0 aromatic carbocycles. The normalized spacial score (nSPS) is 31.3. The minimum atomic E-state index is -0.689. The van der Waals surface area contributed by atoms with Gasteiger partial charge in [-0.2, -0.15) is 0 Å². The standard InChI is InChI=1S/C8H13NO2/c1-5-3-7(8(10)11)4-6(2)9-5/h5,7H,3-4H2,1-2H3,(H,10,11). The molecule has 0 fully saturated rings. The quantitative estimate of drug-likeness (QED) is 0.621. The second kappa shape index (κ2) is 3.03. The van der Waals surface area contributed by atoms with E-state index in [1.54, 1.807) is 0 Å². The zero-order valence-electron chi connectivity index (χ0n) is 6.87. The summed E-state index contributed by atoms with van der Waals surface area (Å²) in [6.45, 7) is 3.85. The van der Waals surface area contributed by atoms with Gasteiger partial charge in [0.15, 0.2) is 0 Å². The van der Waals surface area contributed by atoms with Crippen molar-refractivity contribution in [3.63, 3.8) is 0 Å². The molecule has 1 N–H and O–H groups in total. The number of nitrogens with zero attached hydrogens (tertiary/aromatic N) is 1. The van der Waals surface area contributed by atoms with E-state index in [0.717, 1.165) is 5.71 Å². The van der Waals surface area contributed by atoms with Crippen molar-refractivity contribution in [3.05, 3.63) is 0 Å². The van der Waals surface area contributed by atoms with Gasteiger partial charge in [0.25, 0.3) is 0 Å². The van der Waals surface area contributed by atoms with E-state index in [1.807, 2.05) is 13.8 Å². The van der Waals surface area contributed by atoms with Crippen molar-refractivity contribution in [2.24, 2.45) is 10.9 Å². The molecule has 0 spiro atoms. The number of rotatable bonds is 1. The van der Waals surface area contributed by atoms with Gasteiger partial charge < -0.3 is 5.11 Å². The third kappa shape index (κ3) is 2.03. The molecule has 0 aromatic heterocycles. The Labute approximate surface area is 66.1 Å². The lowest BCUT2D eigenvalue weighted by Crippen LogP contribution is -2.25. The molecule has 2 unspecified atom stereocenters. The number of carboxylic acids is 1. The van der Waals surface area contributed by atoms with E-state index in [1.165, 1.54) is 0 Å². The summed E-state index contributed by atoms with van der Waals surface area (Å²) < 4.78 is 0. The number of hydrogen-bond donors (Lipinski definition) is 1. The summed E-state index contributed by atoms with van der Waals surface area (Å²) in [5.41, 5.74) is 0.969. The molecule has 1 aliphatic rings. The van der Waals surface area contributed by atoms with Crippen LogP contribution in [0.5, 0.6) is 0 Å². The highest BCUT2D eigenvalue weighted by molar-refractivity contribution is 5.87. The molecule has 3 heteroatoms. The molecule has 0 saturated heterocycles. The molecule has 3 nitrogen and oxygen atoms in total. The zero-order valence-corrected chi connectivity index (χ0v) is 6.87. The fourth-order valence-corrected chi connectivity index (χ4v) is 1.52. The van der Waals surface area contributed by atoms with Crippen molar-refractivity contribution < 1.29 is 9.90 Å². The molecule has 0 radical (unpaired) electrons. The number of aliphatic imine (C=N–C) groups is 1. The van der Waals surface area contributed by atoms with Gasteiger partial charge in [0.1, 0.15) is 0 Å². The summed E-state index contributed by atoms with van der Waals surface area (Å²) >= 11 is 0. The topological polar surface area (TPSA) is 49.7 Å². The van der Waals surface area contributed by atoms with Gasteiger partial charge in [-0.1, -0.05) is 0 Å². The molecular weight excluding hydrogens is 142 g/mol. The monoisotopic (exact) mass is 155 g/mol. The molecule has 1 heterocycles. The lowest BCUT2D eigenvalue weighted by molar-refractivity contribution is -0.142. The van der Waals surface area contributed by atoms with E-state index in [-0.39, 0.29) is 12.0 Å². The maximum Gasteiger partial charge on any atom is 0.306 e. The van der Waals surface area contributed by atoms with Crippen molar-refractivity contribution >= 4 is 11.7 Å². The minimum absolute atomic E-state index is 0.185. The van der Waals surface area contributed by atoms with Crippen LogP contribution >= 0.6 is 0 Å². The molecular formula is C8H13NO2. The first-order valence-electron chi connectivity index (χ1n) is 3.85. The largest absolute Gasteiger partial charge is 0.481 e. The van der Waals surface area contributed by atoms with Gasteiger partial charge >= 0.3 is 5.97 Å². The SMILES string of the molecule is CC1=NC(C)CC(C(=O)O)C1. The highest BCUT2D eigenvalue weighted by atomic mass is 16.4. The fourth-order valence-electron chi connectivity index (χ4n) is 1.52. The lowest BCUT2D eigenvalue weighted by atomic mass is 9.92. The molecule has 2 atom stereocenters. The Morgan fingerprint density at radius 1 is 1.73 bits per heavy atom. The summed E-state index contributed by atoms with van der Waals surface area (Å²) in [4.78, 5) is 14.9. The van der Waals surface area contributed by atoms with Gasteiger partial charge in [-0.3, -0.25) is 9.79 Å². The Morgan fingerprint density at radius 3 is 2.82 bits per heavy atom. The number of carboxylic acid groups (broad SMARTS) is 1. The van der Waals surface area contributed by atoms with Gasteiger partial charge in [-0.25, -0.2) is 0 Å². The van der Waals surface area contributed by atoms with Gasteiger partial charge in [0.05, 0.1) is 5.92 Å². The van der Waals surface area contributed by atoms with Crippen LogP contribution in [0, 0.1) is 5.92 Å².